The predicted octanol–water partition coefficient (Wildman–Crippen LogP) is 2.87. The van der Waals surface area contributed by atoms with E-state index in [2.05, 4.69) is 0 Å². The number of phenolic OH excluding ortho intramolecular Hbond substituents is 1. The zero-order chi connectivity index (χ0) is 12.7. The fourth-order valence-corrected chi connectivity index (χ4v) is 1.48. The third kappa shape index (κ3) is 4.31. The number of ketones is 1. The SMILES string of the molecule is CCC=CC(=O)CCc1ccc(O)c(OC)c1. The van der Waals surface area contributed by atoms with E-state index in [1.807, 2.05) is 13.0 Å². The lowest BCUT2D eigenvalue weighted by Crippen LogP contribution is -1.96. The lowest BCUT2D eigenvalue weighted by Gasteiger charge is -2.05. The highest BCUT2D eigenvalue weighted by molar-refractivity contribution is 5.89. The molecule has 0 heterocycles. The summed E-state index contributed by atoms with van der Waals surface area (Å²) in [5.74, 6) is 0.686. The van der Waals surface area contributed by atoms with E-state index < -0.39 is 0 Å². The first kappa shape index (κ1) is 13.3. The molecule has 0 aliphatic heterocycles. The summed E-state index contributed by atoms with van der Waals surface area (Å²) < 4.78 is 5.01. The van der Waals surface area contributed by atoms with Crippen LogP contribution in [0.25, 0.3) is 0 Å². The molecule has 0 radical (unpaired) electrons. The molecule has 92 valence electrons. The number of methoxy groups -OCH3 is 1. The molecule has 0 atom stereocenters. The average Bonchev–Trinajstić information content (AvgIpc) is 2.35. The highest BCUT2D eigenvalue weighted by Crippen LogP contribution is 2.26. The number of carbonyl (C=O) groups excluding carboxylic acids is 1. The molecule has 0 fully saturated rings. The van der Waals surface area contributed by atoms with E-state index in [1.54, 1.807) is 24.3 Å². The van der Waals surface area contributed by atoms with E-state index in [0.29, 0.717) is 18.6 Å². The predicted molar refractivity (Wildman–Crippen MR) is 67.4 cm³/mol. The number of carbonyl (C=O) groups is 1. The molecule has 1 aromatic rings. The molecule has 0 aromatic heterocycles. The summed E-state index contributed by atoms with van der Waals surface area (Å²) in [6.45, 7) is 1.99. The summed E-state index contributed by atoms with van der Waals surface area (Å²) in [5.41, 5.74) is 0.984. The first-order valence-electron chi connectivity index (χ1n) is 5.72. The third-order valence-electron chi connectivity index (χ3n) is 2.44. The summed E-state index contributed by atoms with van der Waals surface area (Å²) in [6, 6.07) is 5.14. The van der Waals surface area contributed by atoms with Crippen molar-refractivity contribution in [2.24, 2.45) is 0 Å². The van der Waals surface area contributed by atoms with Crippen LogP contribution in [0.4, 0.5) is 0 Å². The fraction of sp³-hybridized carbons (Fsp3) is 0.357. The molecule has 0 aliphatic rings. The fourth-order valence-electron chi connectivity index (χ4n) is 1.48. The van der Waals surface area contributed by atoms with Crippen LogP contribution in [-0.4, -0.2) is 18.0 Å². The van der Waals surface area contributed by atoms with E-state index >= 15 is 0 Å². The minimum absolute atomic E-state index is 0.119. The van der Waals surface area contributed by atoms with Gasteiger partial charge in [-0.05, 0) is 36.6 Å². The number of ether oxygens (including phenoxy) is 1. The Labute approximate surface area is 102 Å². The maximum Gasteiger partial charge on any atom is 0.160 e. The van der Waals surface area contributed by atoms with E-state index in [-0.39, 0.29) is 11.5 Å². The van der Waals surface area contributed by atoms with Crippen molar-refractivity contribution in [2.75, 3.05) is 7.11 Å². The molecule has 17 heavy (non-hydrogen) atoms. The Morgan fingerprint density at radius 1 is 1.47 bits per heavy atom. The summed E-state index contributed by atoms with van der Waals surface area (Å²) >= 11 is 0. The van der Waals surface area contributed by atoms with Crippen molar-refractivity contribution in [1.82, 2.24) is 0 Å². The minimum Gasteiger partial charge on any atom is -0.504 e. The topological polar surface area (TPSA) is 46.5 Å². The van der Waals surface area contributed by atoms with Crippen LogP contribution < -0.4 is 4.74 Å². The Bertz CT molecular complexity index is 408. The number of hydrogen-bond acceptors (Lipinski definition) is 3. The molecule has 0 amide bonds. The summed E-state index contributed by atoms with van der Waals surface area (Å²) in [4.78, 5) is 11.4. The standard InChI is InChI=1S/C14H18O3/c1-3-4-5-12(15)8-6-11-7-9-13(16)14(10-11)17-2/h4-5,7,9-10,16H,3,6,8H2,1-2H3. The van der Waals surface area contributed by atoms with Crippen molar-refractivity contribution in [1.29, 1.82) is 0 Å². The van der Waals surface area contributed by atoms with Gasteiger partial charge in [-0.15, -0.1) is 0 Å². The molecule has 3 nitrogen and oxygen atoms in total. The second-order valence-electron chi connectivity index (χ2n) is 3.78. The summed E-state index contributed by atoms with van der Waals surface area (Å²) in [5, 5.41) is 9.43. The van der Waals surface area contributed by atoms with E-state index in [1.165, 1.54) is 7.11 Å². The Balaban J connectivity index is 2.57. The number of rotatable bonds is 6. The van der Waals surface area contributed by atoms with Gasteiger partial charge in [0, 0.05) is 6.42 Å². The van der Waals surface area contributed by atoms with Gasteiger partial charge in [0.1, 0.15) is 0 Å². The van der Waals surface area contributed by atoms with E-state index in [9.17, 15) is 9.90 Å². The van der Waals surface area contributed by atoms with Crippen molar-refractivity contribution in [2.45, 2.75) is 26.2 Å². The van der Waals surface area contributed by atoms with E-state index in [0.717, 1.165) is 12.0 Å². The van der Waals surface area contributed by atoms with Crippen LogP contribution in [0, 0.1) is 0 Å². The van der Waals surface area contributed by atoms with E-state index in [4.69, 9.17) is 4.74 Å². The van der Waals surface area contributed by atoms with Gasteiger partial charge in [-0.2, -0.15) is 0 Å². The number of aromatic hydroxyl groups is 1. The highest BCUT2D eigenvalue weighted by Gasteiger charge is 2.04. The molecule has 0 spiro atoms. The van der Waals surface area contributed by atoms with Gasteiger partial charge < -0.3 is 9.84 Å². The van der Waals surface area contributed by atoms with Crippen LogP contribution in [0.5, 0.6) is 11.5 Å². The van der Waals surface area contributed by atoms with Crippen molar-refractivity contribution in [3.05, 3.63) is 35.9 Å². The Morgan fingerprint density at radius 3 is 2.88 bits per heavy atom. The molecule has 0 aliphatic carbocycles. The van der Waals surface area contributed by atoms with Crippen LogP contribution in [0.3, 0.4) is 0 Å². The molecular weight excluding hydrogens is 216 g/mol. The van der Waals surface area contributed by atoms with Gasteiger partial charge >= 0.3 is 0 Å². The lowest BCUT2D eigenvalue weighted by atomic mass is 10.1. The zero-order valence-electron chi connectivity index (χ0n) is 10.3. The van der Waals surface area contributed by atoms with Crippen LogP contribution in [0.15, 0.2) is 30.4 Å². The normalized spacial score (nSPS) is 10.7. The van der Waals surface area contributed by atoms with Crippen LogP contribution in [0.2, 0.25) is 0 Å². The second kappa shape index (κ2) is 6.74. The molecule has 0 saturated carbocycles. The summed E-state index contributed by atoms with van der Waals surface area (Å²) in [6.07, 6.45) is 5.49. The van der Waals surface area contributed by atoms with Crippen molar-refractivity contribution < 1.29 is 14.6 Å². The first-order valence-corrected chi connectivity index (χ1v) is 5.72. The smallest absolute Gasteiger partial charge is 0.160 e. The number of benzene rings is 1. The molecular formula is C14H18O3. The Morgan fingerprint density at radius 2 is 2.24 bits per heavy atom. The quantitative estimate of drug-likeness (QED) is 0.770. The van der Waals surface area contributed by atoms with Crippen molar-refractivity contribution >= 4 is 5.78 Å². The number of phenols is 1. The maximum absolute atomic E-state index is 11.4. The van der Waals surface area contributed by atoms with Crippen LogP contribution in [0.1, 0.15) is 25.3 Å². The highest BCUT2D eigenvalue weighted by atomic mass is 16.5. The Kier molecular flexibility index (Phi) is 5.27. The van der Waals surface area contributed by atoms with Crippen molar-refractivity contribution in [3.8, 4) is 11.5 Å². The number of hydrogen-bond donors (Lipinski definition) is 1. The van der Waals surface area contributed by atoms with Gasteiger partial charge in [0.05, 0.1) is 7.11 Å². The molecule has 1 rings (SSSR count). The Hall–Kier alpha value is -1.77. The molecule has 1 aromatic carbocycles. The molecule has 0 unspecified atom stereocenters. The van der Waals surface area contributed by atoms with Gasteiger partial charge in [0.25, 0.3) is 0 Å². The van der Waals surface area contributed by atoms with Gasteiger partial charge in [-0.1, -0.05) is 19.1 Å². The van der Waals surface area contributed by atoms with Gasteiger partial charge in [-0.25, -0.2) is 0 Å². The molecule has 1 N–H and O–H groups in total. The lowest BCUT2D eigenvalue weighted by molar-refractivity contribution is -0.114. The second-order valence-corrected chi connectivity index (χ2v) is 3.78. The first-order chi connectivity index (χ1) is 8.17. The average molecular weight is 234 g/mol. The largest absolute Gasteiger partial charge is 0.504 e. The third-order valence-corrected chi connectivity index (χ3v) is 2.44. The van der Waals surface area contributed by atoms with Crippen LogP contribution >= 0.6 is 0 Å². The van der Waals surface area contributed by atoms with Crippen molar-refractivity contribution in [3.63, 3.8) is 0 Å². The minimum atomic E-state index is 0.119. The van der Waals surface area contributed by atoms with Crippen LogP contribution in [-0.2, 0) is 11.2 Å². The molecule has 0 saturated heterocycles. The summed E-state index contributed by atoms with van der Waals surface area (Å²) in [7, 11) is 1.51. The van der Waals surface area contributed by atoms with Gasteiger partial charge in [0.2, 0.25) is 0 Å². The number of allylic oxidation sites excluding steroid dienone is 2. The zero-order valence-corrected chi connectivity index (χ0v) is 10.3. The maximum atomic E-state index is 11.4. The molecule has 3 heteroatoms. The number of aryl methyl sites for hydroxylation is 1. The van der Waals surface area contributed by atoms with Gasteiger partial charge in [-0.3, -0.25) is 4.79 Å². The molecule has 0 bridgehead atoms. The monoisotopic (exact) mass is 234 g/mol. The van der Waals surface area contributed by atoms with Gasteiger partial charge in [0.15, 0.2) is 17.3 Å².